The maximum Gasteiger partial charge on any atom is 0.0692 e. The lowest BCUT2D eigenvalue weighted by Crippen LogP contribution is -2.22. The molecule has 0 heterocycles. The summed E-state index contributed by atoms with van der Waals surface area (Å²) < 4.78 is 6.43. The van der Waals surface area contributed by atoms with Gasteiger partial charge in [-0.2, -0.15) is 0 Å². The zero-order valence-corrected chi connectivity index (χ0v) is 9.34. The number of alkyl halides is 1. The molecule has 0 aliphatic heterocycles. The molecule has 1 nitrogen and oxygen atoms in total. The minimum atomic E-state index is 0.545. The lowest BCUT2D eigenvalue weighted by Gasteiger charge is -2.19. The highest BCUT2D eigenvalue weighted by Gasteiger charge is 2.20. The van der Waals surface area contributed by atoms with E-state index in [1.807, 2.05) is 0 Å². The summed E-state index contributed by atoms with van der Waals surface area (Å²) in [5, 5.41) is 0. The largest absolute Gasteiger partial charge is 0.377 e. The van der Waals surface area contributed by atoms with Crippen molar-refractivity contribution in [3.8, 4) is 0 Å². The van der Waals surface area contributed by atoms with Crippen LogP contribution in [0.2, 0.25) is 0 Å². The summed E-state index contributed by atoms with van der Waals surface area (Å²) >= 11 is 2.54. The van der Waals surface area contributed by atoms with E-state index >= 15 is 0 Å². The first kappa shape index (κ1) is 9.78. The number of rotatable bonds is 2. The molecule has 1 rings (SSSR count). The summed E-state index contributed by atoms with van der Waals surface area (Å²) in [6.45, 7) is 2.97. The summed E-state index contributed by atoms with van der Waals surface area (Å²) in [6, 6.07) is 0. The van der Waals surface area contributed by atoms with Crippen LogP contribution in [0.5, 0.6) is 0 Å². The van der Waals surface area contributed by atoms with Crippen molar-refractivity contribution in [3.05, 3.63) is 0 Å². The van der Waals surface area contributed by atoms with Crippen LogP contribution in [0.4, 0.5) is 0 Å². The van der Waals surface area contributed by atoms with Crippen molar-refractivity contribution in [2.45, 2.75) is 49.1 Å². The van der Waals surface area contributed by atoms with Crippen LogP contribution in [0.15, 0.2) is 0 Å². The van der Waals surface area contributed by atoms with Gasteiger partial charge in [-0.1, -0.05) is 41.9 Å². The van der Waals surface area contributed by atoms with Gasteiger partial charge in [-0.15, -0.1) is 0 Å². The molecule has 2 heteroatoms. The molecule has 11 heavy (non-hydrogen) atoms. The highest BCUT2D eigenvalue weighted by atomic mass is 127. The van der Waals surface area contributed by atoms with Crippen LogP contribution < -0.4 is 0 Å². The molecule has 0 aromatic heterocycles. The van der Waals surface area contributed by atoms with E-state index in [4.69, 9.17) is 4.74 Å². The van der Waals surface area contributed by atoms with Crippen LogP contribution in [0.1, 0.15) is 39.0 Å². The maximum atomic E-state index is 5.67. The van der Waals surface area contributed by atoms with Gasteiger partial charge in [0, 0.05) is 10.5 Å². The van der Waals surface area contributed by atoms with E-state index in [9.17, 15) is 0 Å². The third-order valence-electron chi connectivity index (χ3n) is 2.25. The fraction of sp³-hybridized carbons (Fsp3) is 1.00. The number of halogens is 1. The molecule has 0 amide bonds. The molecular formula is C9H17IO. The van der Waals surface area contributed by atoms with Gasteiger partial charge in [-0.05, 0) is 19.8 Å². The summed E-state index contributed by atoms with van der Waals surface area (Å²) in [5.41, 5.74) is 0. The van der Waals surface area contributed by atoms with E-state index < -0.39 is 0 Å². The predicted octanol–water partition coefficient (Wildman–Crippen LogP) is 3.16. The van der Waals surface area contributed by atoms with Gasteiger partial charge in [-0.25, -0.2) is 0 Å². The van der Waals surface area contributed by atoms with E-state index in [2.05, 4.69) is 29.5 Å². The van der Waals surface area contributed by atoms with E-state index in [0.29, 0.717) is 6.10 Å². The van der Waals surface area contributed by atoms with Crippen molar-refractivity contribution >= 4 is 22.6 Å². The molecule has 1 aliphatic carbocycles. The molecule has 0 spiro atoms. The normalized spacial score (nSPS) is 33.3. The maximum absolute atomic E-state index is 5.67. The Morgan fingerprint density at radius 2 is 2.00 bits per heavy atom. The van der Waals surface area contributed by atoms with Crippen molar-refractivity contribution in [2.75, 3.05) is 6.61 Å². The van der Waals surface area contributed by atoms with Crippen molar-refractivity contribution in [3.63, 3.8) is 0 Å². The summed E-state index contributed by atoms with van der Waals surface area (Å²) in [7, 11) is 0. The molecule has 0 bridgehead atoms. The van der Waals surface area contributed by atoms with Gasteiger partial charge >= 0.3 is 0 Å². The van der Waals surface area contributed by atoms with E-state index in [0.717, 1.165) is 10.5 Å². The second-order valence-corrected chi connectivity index (χ2v) is 4.75. The van der Waals surface area contributed by atoms with Crippen molar-refractivity contribution in [2.24, 2.45) is 0 Å². The van der Waals surface area contributed by atoms with Gasteiger partial charge in [-0.3, -0.25) is 0 Å². The molecular weight excluding hydrogens is 251 g/mol. The summed E-state index contributed by atoms with van der Waals surface area (Å²) in [5.74, 6) is 0. The predicted molar refractivity (Wildman–Crippen MR) is 56.3 cm³/mol. The van der Waals surface area contributed by atoms with E-state index in [1.54, 1.807) is 0 Å². The molecule has 2 atom stereocenters. The number of ether oxygens (including phenoxy) is 1. The number of hydrogen-bond acceptors (Lipinski definition) is 1. The van der Waals surface area contributed by atoms with Crippen LogP contribution in [0.25, 0.3) is 0 Å². The average Bonchev–Trinajstić information content (AvgIpc) is 2.18. The lowest BCUT2D eigenvalue weighted by molar-refractivity contribution is 0.0597. The highest BCUT2D eigenvalue weighted by molar-refractivity contribution is 14.1. The molecule has 1 saturated carbocycles. The third kappa shape index (κ3) is 3.28. The Morgan fingerprint density at radius 3 is 2.73 bits per heavy atom. The van der Waals surface area contributed by atoms with Crippen LogP contribution >= 0.6 is 22.6 Å². The highest BCUT2D eigenvalue weighted by Crippen LogP contribution is 2.26. The van der Waals surface area contributed by atoms with Crippen molar-refractivity contribution in [1.82, 2.24) is 0 Å². The molecule has 66 valence electrons. The Labute approximate surface area is 83.0 Å². The van der Waals surface area contributed by atoms with Gasteiger partial charge < -0.3 is 4.74 Å². The standard InChI is InChI=1S/C9H17IO/c1-2-11-9-7-5-3-4-6-8(9)10/h8-9H,2-7H2,1H3. The van der Waals surface area contributed by atoms with Crippen LogP contribution in [-0.4, -0.2) is 16.6 Å². The molecule has 0 aromatic carbocycles. The topological polar surface area (TPSA) is 9.23 Å². The van der Waals surface area contributed by atoms with Gasteiger partial charge in [0.1, 0.15) is 0 Å². The monoisotopic (exact) mass is 268 g/mol. The van der Waals surface area contributed by atoms with Gasteiger partial charge in [0.15, 0.2) is 0 Å². The molecule has 1 fully saturated rings. The minimum Gasteiger partial charge on any atom is -0.377 e. The summed E-state index contributed by atoms with van der Waals surface area (Å²) in [4.78, 5) is 0. The molecule has 2 unspecified atom stereocenters. The van der Waals surface area contributed by atoms with E-state index in [-0.39, 0.29) is 0 Å². The third-order valence-corrected chi connectivity index (χ3v) is 3.68. The van der Waals surface area contributed by atoms with Crippen LogP contribution in [0, 0.1) is 0 Å². The molecule has 0 radical (unpaired) electrons. The second-order valence-electron chi connectivity index (χ2n) is 3.15. The van der Waals surface area contributed by atoms with Gasteiger partial charge in [0.2, 0.25) is 0 Å². The average molecular weight is 268 g/mol. The quantitative estimate of drug-likeness (QED) is 0.424. The minimum absolute atomic E-state index is 0.545. The first-order valence-electron chi connectivity index (χ1n) is 4.60. The Morgan fingerprint density at radius 1 is 1.27 bits per heavy atom. The second kappa shape index (κ2) is 5.36. The zero-order valence-electron chi connectivity index (χ0n) is 7.18. The lowest BCUT2D eigenvalue weighted by atomic mass is 10.1. The molecule has 0 aromatic rings. The zero-order chi connectivity index (χ0) is 8.10. The van der Waals surface area contributed by atoms with Crippen LogP contribution in [0.3, 0.4) is 0 Å². The van der Waals surface area contributed by atoms with Gasteiger partial charge in [0.25, 0.3) is 0 Å². The fourth-order valence-corrected chi connectivity index (χ4v) is 2.64. The Balaban J connectivity index is 2.32. The molecule has 0 N–H and O–H groups in total. The Hall–Kier alpha value is 0.690. The van der Waals surface area contributed by atoms with Crippen LogP contribution in [-0.2, 0) is 4.74 Å². The Kier molecular flexibility index (Phi) is 4.76. The Bertz CT molecular complexity index is 106. The van der Waals surface area contributed by atoms with Gasteiger partial charge in [0.05, 0.1) is 6.10 Å². The fourth-order valence-electron chi connectivity index (χ4n) is 1.63. The SMILES string of the molecule is CCOC1CCCCCC1I. The summed E-state index contributed by atoms with van der Waals surface area (Å²) in [6.07, 6.45) is 7.35. The number of hydrogen-bond donors (Lipinski definition) is 0. The first-order valence-corrected chi connectivity index (χ1v) is 5.85. The molecule has 0 saturated heterocycles. The first-order chi connectivity index (χ1) is 5.34. The van der Waals surface area contributed by atoms with Crippen molar-refractivity contribution in [1.29, 1.82) is 0 Å². The molecule has 1 aliphatic rings. The smallest absolute Gasteiger partial charge is 0.0692 e. The van der Waals surface area contributed by atoms with Crippen molar-refractivity contribution < 1.29 is 4.74 Å². The van der Waals surface area contributed by atoms with E-state index in [1.165, 1.54) is 32.1 Å².